The molecule has 1 unspecified atom stereocenters. The number of likely N-dealkylation sites (tertiary alicyclic amines) is 1. The van der Waals surface area contributed by atoms with Gasteiger partial charge in [0.1, 0.15) is 17.1 Å². The standard InChI is InChI=1S/C17H25NO3/c1-5-17(2,18-11-6-7-12-18)16(19)15-13(20-3)9-8-10-14(15)21-4/h8-10H,5-7,11-12H2,1-4H3. The third-order valence-corrected chi connectivity index (χ3v) is 4.64. The molecule has 0 radical (unpaired) electrons. The van der Waals surface area contributed by atoms with Crippen molar-refractivity contribution in [3.05, 3.63) is 23.8 Å². The number of rotatable bonds is 6. The Labute approximate surface area is 127 Å². The average molecular weight is 291 g/mol. The van der Waals surface area contributed by atoms with Crippen molar-refractivity contribution in [1.29, 1.82) is 0 Å². The van der Waals surface area contributed by atoms with Crippen LogP contribution in [0, 0.1) is 0 Å². The Morgan fingerprint density at radius 1 is 1.19 bits per heavy atom. The smallest absolute Gasteiger partial charge is 0.190 e. The SMILES string of the molecule is CCC(C)(C(=O)c1c(OC)cccc1OC)N1CCCC1. The molecule has 1 heterocycles. The summed E-state index contributed by atoms with van der Waals surface area (Å²) in [5.74, 6) is 1.25. The highest BCUT2D eigenvalue weighted by atomic mass is 16.5. The fourth-order valence-corrected chi connectivity index (χ4v) is 3.08. The van der Waals surface area contributed by atoms with Crippen LogP contribution in [0.2, 0.25) is 0 Å². The lowest BCUT2D eigenvalue weighted by Crippen LogP contribution is -2.50. The lowest BCUT2D eigenvalue weighted by molar-refractivity contribution is 0.0641. The molecule has 1 aliphatic heterocycles. The first-order valence-electron chi connectivity index (χ1n) is 7.59. The number of ether oxygens (including phenoxy) is 2. The third kappa shape index (κ3) is 2.77. The number of ketones is 1. The Kier molecular flexibility index (Phi) is 4.88. The van der Waals surface area contributed by atoms with Crippen LogP contribution in [0.25, 0.3) is 0 Å². The Balaban J connectivity index is 2.46. The summed E-state index contributed by atoms with van der Waals surface area (Å²) in [5, 5.41) is 0. The van der Waals surface area contributed by atoms with Crippen molar-refractivity contribution < 1.29 is 14.3 Å². The summed E-state index contributed by atoms with van der Waals surface area (Å²) in [6.07, 6.45) is 3.09. The number of hydrogen-bond acceptors (Lipinski definition) is 4. The topological polar surface area (TPSA) is 38.8 Å². The highest BCUT2D eigenvalue weighted by molar-refractivity contribution is 6.07. The molecule has 116 valence electrons. The Morgan fingerprint density at radius 2 is 1.71 bits per heavy atom. The molecule has 1 saturated heterocycles. The van der Waals surface area contributed by atoms with Gasteiger partial charge in [-0.2, -0.15) is 0 Å². The van der Waals surface area contributed by atoms with Gasteiger partial charge in [0.15, 0.2) is 5.78 Å². The van der Waals surface area contributed by atoms with Crippen molar-refractivity contribution in [3.63, 3.8) is 0 Å². The molecule has 0 aliphatic carbocycles. The maximum atomic E-state index is 13.2. The van der Waals surface area contributed by atoms with E-state index in [-0.39, 0.29) is 5.78 Å². The minimum atomic E-state index is -0.502. The average Bonchev–Trinajstić information content (AvgIpc) is 3.07. The van der Waals surface area contributed by atoms with Crippen LogP contribution in [-0.4, -0.2) is 43.5 Å². The highest BCUT2D eigenvalue weighted by Gasteiger charge is 2.41. The first-order valence-corrected chi connectivity index (χ1v) is 7.59. The van der Waals surface area contributed by atoms with Crippen molar-refractivity contribution in [2.75, 3.05) is 27.3 Å². The van der Waals surface area contributed by atoms with E-state index in [2.05, 4.69) is 11.8 Å². The number of benzene rings is 1. The maximum Gasteiger partial charge on any atom is 0.190 e. The summed E-state index contributed by atoms with van der Waals surface area (Å²) >= 11 is 0. The molecule has 1 aromatic carbocycles. The lowest BCUT2D eigenvalue weighted by Gasteiger charge is -2.37. The van der Waals surface area contributed by atoms with Crippen molar-refractivity contribution in [2.24, 2.45) is 0 Å². The van der Waals surface area contributed by atoms with Gasteiger partial charge in [-0.15, -0.1) is 0 Å². The Morgan fingerprint density at radius 3 is 2.14 bits per heavy atom. The largest absolute Gasteiger partial charge is 0.496 e. The zero-order valence-electron chi connectivity index (χ0n) is 13.4. The van der Waals surface area contributed by atoms with Gasteiger partial charge >= 0.3 is 0 Å². The summed E-state index contributed by atoms with van der Waals surface area (Å²) in [6, 6.07) is 5.47. The Hall–Kier alpha value is -1.55. The molecule has 0 saturated carbocycles. The predicted molar refractivity (Wildman–Crippen MR) is 83.4 cm³/mol. The molecule has 2 rings (SSSR count). The van der Waals surface area contributed by atoms with E-state index in [9.17, 15) is 4.79 Å². The number of methoxy groups -OCH3 is 2. The number of hydrogen-bond donors (Lipinski definition) is 0. The minimum Gasteiger partial charge on any atom is -0.496 e. The van der Waals surface area contributed by atoms with E-state index in [0.717, 1.165) is 32.4 Å². The number of carbonyl (C=O) groups is 1. The summed E-state index contributed by atoms with van der Waals surface area (Å²) < 4.78 is 10.8. The van der Waals surface area contributed by atoms with Gasteiger partial charge in [-0.1, -0.05) is 13.0 Å². The summed E-state index contributed by atoms with van der Waals surface area (Å²) in [6.45, 7) is 6.06. The van der Waals surface area contributed by atoms with E-state index in [1.807, 2.05) is 25.1 Å². The second-order valence-electron chi connectivity index (χ2n) is 5.69. The normalized spacial score (nSPS) is 18.3. The number of nitrogens with zero attached hydrogens (tertiary/aromatic N) is 1. The van der Waals surface area contributed by atoms with Crippen LogP contribution >= 0.6 is 0 Å². The second-order valence-corrected chi connectivity index (χ2v) is 5.69. The fourth-order valence-electron chi connectivity index (χ4n) is 3.08. The van der Waals surface area contributed by atoms with Gasteiger partial charge in [0.25, 0.3) is 0 Å². The van der Waals surface area contributed by atoms with Gasteiger partial charge in [0.2, 0.25) is 0 Å². The minimum absolute atomic E-state index is 0.0844. The monoisotopic (exact) mass is 291 g/mol. The zero-order chi connectivity index (χ0) is 15.5. The lowest BCUT2D eigenvalue weighted by atomic mass is 9.86. The molecular weight excluding hydrogens is 266 g/mol. The maximum absolute atomic E-state index is 13.2. The van der Waals surface area contributed by atoms with Crippen LogP contribution in [0.4, 0.5) is 0 Å². The van der Waals surface area contributed by atoms with Gasteiger partial charge in [-0.25, -0.2) is 0 Å². The quantitative estimate of drug-likeness (QED) is 0.755. The molecule has 0 N–H and O–H groups in total. The van der Waals surface area contributed by atoms with Crippen molar-refractivity contribution >= 4 is 5.78 Å². The highest BCUT2D eigenvalue weighted by Crippen LogP contribution is 2.36. The molecule has 1 aromatic rings. The van der Waals surface area contributed by atoms with Crippen LogP contribution in [-0.2, 0) is 0 Å². The van der Waals surface area contributed by atoms with Crippen molar-refractivity contribution in [2.45, 2.75) is 38.6 Å². The molecule has 0 aromatic heterocycles. The van der Waals surface area contributed by atoms with Gasteiger partial charge in [0.05, 0.1) is 19.8 Å². The van der Waals surface area contributed by atoms with Gasteiger partial charge in [0, 0.05) is 0 Å². The van der Waals surface area contributed by atoms with Crippen molar-refractivity contribution in [3.8, 4) is 11.5 Å². The second kappa shape index (κ2) is 6.48. The van der Waals surface area contributed by atoms with Crippen LogP contribution in [0.5, 0.6) is 11.5 Å². The molecule has 1 aliphatic rings. The summed E-state index contributed by atoms with van der Waals surface area (Å²) in [7, 11) is 3.18. The Bertz CT molecular complexity index is 487. The van der Waals surface area contributed by atoms with E-state index in [0.29, 0.717) is 17.1 Å². The zero-order valence-corrected chi connectivity index (χ0v) is 13.4. The first kappa shape index (κ1) is 15.8. The molecule has 1 fully saturated rings. The molecule has 4 heteroatoms. The molecule has 0 bridgehead atoms. The summed E-state index contributed by atoms with van der Waals surface area (Å²) in [4.78, 5) is 15.5. The van der Waals surface area contributed by atoms with Crippen LogP contribution < -0.4 is 9.47 Å². The molecule has 0 spiro atoms. The van der Waals surface area contributed by atoms with Crippen LogP contribution in [0.15, 0.2) is 18.2 Å². The molecule has 21 heavy (non-hydrogen) atoms. The fraction of sp³-hybridized carbons (Fsp3) is 0.588. The number of Topliss-reactive ketones (excluding diaryl/α,β-unsaturated/α-hetero) is 1. The van der Waals surface area contributed by atoms with Crippen LogP contribution in [0.3, 0.4) is 0 Å². The van der Waals surface area contributed by atoms with Gasteiger partial charge in [-0.05, 0) is 51.4 Å². The molecule has 4 nitrogen and oxygen atoms in total. The van der Waals surface area contributed by atoms with E-state index in [1.165, 1.54) is 0 Å². The predicted octanol–water partition coefficient (Wildman–Crippen LogP) is 3.15. The van der Waals surface area contributed by atoms with Gasteiger partial charge < -0.3 is 9.47 Å². The van der Waals surface area contributed by atoms with Crippen molar-refractivity contribution in [1.82, 2.24) is 4.90 Å². The van der Waals surface area contributed by atoms with E-state index < -0.39 is 5.54 Å². The molecule has 0 amide bonds. The van der Waals surface area contributed by atoms with E-state index in [1.54, 1.807) is 14.2 Å². The third-order valence-electron chi connectivity index (χ3n) is 4.64. The van der Waals surface area contributed by atoms with Gasteiger partial charge in [-0.3, -0.25) is 9.69 Å². The van der Waals surface area contributed by atoms with E-state index >= 15 is 0 Å². The molecule has 1 atom stereocenters. The first-order chi connectivity index (χ1) is 10.1. The van der Waals surface area contributed by atoms with E-state index in [4.69, 9.17) is 9.47 Å². The number of carbonyl (C=O) groups excluding carboxylic acids is 1. The van der Waals surface area contributed by atoms with Crippen LogP contribution in [0.1, 0.15) is 43.5 Å². The molecular formula is C17H25NO3. The summed E-state index contributed by atoms with van der Waals surface area (Å²) in [5.41, 5.74) is 0.0528.